The van der Waals surface area contributed by atoms with Crippen LogP contribution in [0.15, 0.2) is 36.4 Å². The summed E-state index contributed by atoms with van der Waals surface area (Å²) >= 11 is 0. The van der Waals surface area contributed by atoms with Gasteiger partial charge in [-0.25, -0.2) is 9.18 Å². The predicted molar refractivity (Wildman–Crippen MR) is 115 cm³/mol. The van der Waals surface area contributed by atoms with Gasteiger partial charge < -0.3 is 14.1 Å². The largest absolute Gasteiger partial charge is 0.465 e. The normalized spacial score (nSPS) is 11.9. The molecule has 2 aromatic rings. The van der Waals surface area contributed by atoms with Crippen molar-refractivity contribution in [1.82, 2.24) is 0 Å². The van der Waals surface area contributed by atoms with Crippen molar-refractivity contribution in [3.05, 3.63) is 53.3 Å². The average molecular weight is 404 g/mol. The quantitative estimate of drug-likeness (QED) is 0.395. The lowest BCUT2D eigenvalue weighted by Gasteiger charge is -2.39. The van der Waals surface area contributed by atoms with E-state index in [0.717, 1.165) is 17.1 Å². The number of halogens is 1. The van der Waals surface area contributed by atoms with Crippen LogP contribution in [-0.4, -0.2) is 31.3 Å². The van der Waals surface area contributed by atoms with Crippen molar-refractivity contribution in [2.45, 2.75) is 45.4 Å². The molecule has 0 heterocycles. The molecule has 0 fully saturated rings. The fourth-order valence-electron chi connectivity index (χ4n) is 2.29. The molecule has 0 aliphatic carbocycles. The summed E-state index contributed by atoms with van der Waals surface area (Å²) in [6.45, 7) is 10.3. The Labute approximate surface area is 169 Å². The molecule has 0 aliphatic heterocycles. The van der Waals surface area contributed by atoms with Crippen molar-refractivity contribution >= 4 is 28.2 Å². The third-order valence-electron chi connectivity index (χ3n) is 5.04. The van der Waals surface area contributed by atoms with Crippen LogP contribution >= 0.6 is 9.24 Å². The second-order valence-corrected chi connectivity index (χ2v) is 9.29. The van der Waals surface area contributed by atoms with E-state index in [4.69, 9.17) is 9.39 Å². The van der Waals surface area contributed by atoms with Crippen molar-refractivity contribution in [1.29, 1.82) is 0 Å². The van der Waals surface area contributed by atoms with Crippen LogP contribution in [0.5, 0.6) is 11.5 Å². The maximum Gasteiger partial charge on any atom is 0.337 e. The second-order valence-electron chi connectivity index (χ2n) is 7.85. The van der Waals surface area contributed by atoms with Gasteiger partial charge in [0.25, 0.3) is 0 Å². The lowest BCUT2D eigenvalue weighted by molar-refractivity contribution is 0.0600. The van der Waals surface area contributed by atoms with Crippen LogP contribution < -0.4 is 10.2 Å². The number of aryl methyl sites for hydroxylation is 1. The second kappa shape index (κ2) is 8.63. The molecule has 0 spiro atoms. The number of rotatable bonds is 7. The zero-order valence-corrected chi connectivity index (χ0v) is 18.4. The minimum Gasteiger partial charge on any atom is -0.465 e. The number of carbonyl (C=O) groups is 1. The lowest BCUT2D eigenvalue weighted by Crippen LogP contribution is -2.45. The first-order chi connectivity index (χ1) is 12.9. The molecule has 0 saturated carbocycles. The van der Waals surface area contributed by atoms with Crippen LogP contribution in [0.3, 0.4) is 0 Å². The molecule has 1 unspecified atom stereocenters. The Hall–Kier alpha value is -1.91. The van der Waals surface area contributed by atoms with Gasteiger partial charge in [0.15, 0.2) is 11.6 Å². The summed E-state index contributed by atoms with van der Waals surface area (Å²) in [5.41, 5.74) is 1.84. The Bertz CT molecular complexity index is 862. The van der Waals surface area contributed by atoms with E-state index in [9.17, 15) is 9.18 Å². The van der Waals surface area contributed by atoms with Crippen LogP contribution in [0.1, 0.15) is 43.6 Å². The summed E-state index contributed by atoms with van der Waals surface area (Å²) in [5, 5.41) is -0.0716. The van der Waals surface area contributed by atoms with Crippen LogP contribution in [0.2, 0.25) is 0 Å². The van der Waals surface area contributed by atoms with E-state index in [1.165, 1.54) is 19.2 Å². The van der Waals surface area contributed by atoms with Gasteiger partial charge in [-0.15, -0.1) is 9.24 Å². The van der Waals surface area contributed by atoms with Crippen molar-refractivity contribution in [3.63, 3.8) is 0 Å². The topological polar surface area (TPSA) is 44.8 Å². The molecule has 0 saturated heterocycles. The van der Waals surface area contributed by atoms with Crippen molar-refractivity contribution in [2.75, 3.05) is 7.11 Å². The molecule has 2 rings (SSSR count). The van der Waals surface area contributed by atoms with Gasteiger partial charge in [-0.05, 0) is 56.6 Å². The Balaban J connectivity index is 2.11. The first-order valence-corrected chi connectivity index (χ1v) is 9.60. The van der Waals surface area contributed by atoms with Gasteiger partial charge >= 0.3 is 13.5 Å². The van der Waals surface area contributed by atoms with E-state index in [0.29, 0.717) is 13.2 Å². The molecular weight excluding hydrogens is 377 g/mol. The highest BCUT2D eigenvalue weighted by molar-refractivity contribution is 7.19. The van der Waals surface area contributed by atoms with E-state index in [-0.39, 0.29) is 22.1 Å². The zero-order valence-electron chi connectivity index (χ0n) is 17.3. The summed E-state index contributed by atoms with van der Waals surface area (Å²) < 4.78 is 30.6. The third-order valence-corrected chi connectivity index (χ3v) is 5.73. The van der Waals surface area contributed by atoms with E-state index in [1.807, 2.05) is 19.1 Å². The maximum atomic E-state index is 14.2. The van der Waals surface area contributed by atoms with E-state index in [2.05, 4.69) is 41.7 Å². The van der Waals surface area contributed by atoms with Gasteiger partial charge in [0.1, 0.15) is 5.75 Å². The fraction of sp³-hybridized carbons (Fsp3) is 0.381. The molecular formula is C21H27BFO4P. The Morgan fingerprint density at radius 3 is 2.32 bits per heavy atom. The van der Waals surface area contributed by atoms with Gasteiger partial charge in [-0.3, -0.25) is 0 Å². The molecule has 4 nitrogen and oxygen atoms in total. The van der Waals surface area contributed by atoms with Crippen LogP contribution in [0.4, 0.5) is 4.39 Å². The molecule has 2 aromatic carbocycles. The number of hydrogen-bond donors (Lipinski definition) is 0. The van der Waals surface area contributed by atoms with Gasteiger partial charge in [-0.1, -0.05) is 25.5 Å². The molecule has 7 heteroatoms. The van der Waals surface area contributed by atoms with Gasteiger partial charge in [0.05, 0.1) is 18.3 Å². The number of carbonyl (C=O) groups excluding carboxylic acids is 1. The smallest absolute Gasteiger partial charge is 0.337 e. The van der Waals surface area contributed by atoms with E-state index < -0.39 is 11.8 Å². The molecule has 0 bridgehead atoms. The van der Waals surface area contributed by atoms with Crippen molar-refractivity contribution in [3.8, 4) is 11.5 Å². The minimum absolute atomic E-state index is 0.0435. The van der Waals surface area contributed by atoms with Crippen molar-refractivity contribution < 1.29 is 23.3 Å². The summed E-state index contributed by atoms with van der Waals surface area (Å²) in [5.74, 6) is -0.668. The first kappa shape index (κ1) is 22.4. The van der Waals surface area contributed by atoms with Crippen molar-refractivity contribution in [2.24, 2.45) is 0 Å². The monoisotopic (exact) mass is 404 g/mol. The Kier molecular flexibility index (Phi) is 6.90. The zero-order chi connectivity index (χ0) is 21.1. The van der Waals surface area contributed by atoms with E-state index in [1.54, 1.807) is 6.07 Å². The Morgan fingerprint density at radius 2 is 1.79 bits per heavy atom. The molecule has 0 aliphatic rings. The SMILES string of the molecule is COC(=O)c1ccc(Oc2ccc(BOC(C)(C)C(C)(C)P)c(C)c2)c(F)c1. The standard InChI is InChI=1S/C21H27BFO4P/c1-13-11-15(8-9-16(13)22-27-20(2,3)21(4,5)28)26-18-10-7-14(12-17(18)23)19(24)25-6/h7-12,22H,28H2,1-6H3. The Morgan fingerprint density at radius 1 is 1.11 bits per heavy atom. The maximum absolute atomic E-state index is 14.2. The number of ether oxygens (including phenoxy) is 2. The molecule has 0 aromatic heterocycles. The molecule has 0 N–H and O–H groups in total. The summed E-state index contributed by atoms with van der Waals surface area (Å²) in [6.07, 6.45) is 0. The number of esters is 1. The van der Waals surface area contributed by atoms with Crippen LogP contribution in [-0.2, 0) is 9.39 Å². The molecule has 28 heavy (non-hydrogen) atoms. The molecule has 0 amide bonds. The summed E-state index contributed by atoms with van der Waals surface area (Å²) in [7, 11) is 4.54. The minimum atomic E-state index is -0.627. The highest BCUT2D eigenvalue weighted by atomic mass is 31.0. The fourth-order valence-corrected chi connectivity index (χ4v) is 2.38. The summed E-state index contributed by atoms with van der Waals surface area (Å²) in [6, 6.07) is 9.51. The molecule has 0 radical (unpaired) electrons. The number of benzene rings is 2. The predicted octanol–water partition coefficient (Wildman–Crippen LogP) is 4.14. The number of hydrogen-bond acceptors (Lipinski definition) is 4. The number of methoxy groups -OCH3 is 1. The van der Waals surface area contributed by atoms with Gasteiger partial charge in [0, 0.05) is 5.16 Å². The van der Waals surface area contributed by atoms with Gasteiger partial charge in [0.2, 0.25) is 0 Å². The van der Waals surface area contributed by atoms with Gasteiger partial charge in [-0.2, -0.15) is 0 Å². The molecule has 1 atom stereocenters. The average Bonchev–Trinajstić information content (AvgIpc) is 2.61. The van der Waals surface area contributed by atoms with Crippen LogP contribution in [0.25, 0.3) is 0 Å². The highest BCUT2D eigenvalue weighted by Crippen LogP contribution is 2.33. The third kappa shape index (κ3) is 5.33. The first-order valence-electron chi connectivity index (χ1n) is 9.02. The molecule has 150 valence electrons. The summed E-state index contributed by atoms with van der Waals surface area (Å²) in [4.78, 5) is 11.5. The highest BCUT2D eigenvalue weighted by Gasteiger charge is 2.33. The van der Waals surface area contributed by atoms with E-state index >= 15 is 0 Å². The van der Waals surface area contributed by atoms with Crippen LogP contribution in [0, 0.1) is 12.7 Å². The lowest BCUT2D eigenvalue weighted by atomic mass is 9.81.